The summed E-state index contributed by atoms with van der Waals surface area (Å²) in [5.74, 6) is 0. The van der Waals surface area contributed by atoms with Crippen LogP contribution in [0.25, 0.3) is 0 Å². The largest absolute Gasteiger partial charge is 0.437 e. The first kappa shape index (κ1) is 27.3. The maximum absolute atomic E-state index is 6.44. The maximum Gasteiger partial charge on any atom is 0.314 e. The van der Waals surface area contributed by atoms with E-state index in [4.69, 9.17) is 17.7 Å². The molecule has 0 aromatic rings. The van der Waals surface area contributed by atoms with Gasteiger partial charge in [-0.1, -0.05) is 14.9 Å². The summed E-state index contributed by atoms with van der Waals surface area (Å²) in [5.41, 5.74) is 0. The van der Waals surface area contributed by atoms with Crippen molar-refractivity contribution in [3.63, 3.8) is 0 Å². The van der Waals surface area contributed by atoms with Crippen molar-refractivity contribution in [3.8, 4) is 0 Å². The fourth-order valence-corrected chi connectivity index (χ4v) is 14.7. The van der Waals surface area contributed by atoms with Gasteiger partial charge in [-0.05, 0) is 58.3 Å². The predicted molar refractivity (Wildman–Crippen MR) is 106 cm³/mol. The molecule has 0 aromatic heterocycles. The molecule has 0 saturated carbocycles. The van der Waals surface area contributed by atoms with Crippen molar-refractivity contribution in [2.45, 2.75) is 73.1 Å². The zero-order valence-corrected chi connectivity index (χ0v) is 17.7. The minimum Gasteiger partial charge on any atom is -0.437 e. The van der Waals surface area contributed by atoms with Gasteiger partial charge in [0.15, 0.2) is 16.6 Å². The van der Waals surface area contributed by atoms with Gasteiger partial charge in [-0.2, -0.15) is 0 Å². The van der Waals surface area contributed by atoms with Crippen LogP contribution in [0.2, 0.25) is 51.9 Å². The van der Waals surface area contributed by atoms with Gasteiger partial charge < -0.3 is 17.7 Å². The summed E-state index contributed by atoms with van der Waals surface area (Å²) in [5, 5.41) is 0. The molecule has 0 heterocycles. The van der Waals surface area contributed by atoms with Crippen molar-refractivity contribution in [3.05, 3.63) is 0 Å². The standard InChI is InChI=1S/C13H34O4Si3.2CH4/c1-14-11-12-15-10-9-13-20(8,16-18(2,3)4)17-19(5,6)7;;/h9-13H2,1-8H3;2*1H4. The quantitative estimate of drug-likeness (QED) is 0.375. The molecule has 0 rings (SSSR count). The van der Waals surface area contributed by atoms with Crippen LogP contribution in [0.5, 0.6) is 0 Å². The molecule has 0 radical (unpaired) electrons. The maximum atomic E-state index is 6.44. The zero-order valence-electron chi connectivity index (χ0n) is 14.7. The van der Waals surface area contributed by atoms with E-state index in [0.717, 1.165) is 19.1 Å². The molecule has 0 aliphatic carbocycles. The Morgan fingerprint density at radius 1 is 0.682 bits per heavy atom. The normalized spacial score (nSPS) is 12.5. The van der Waals surface area contributed by atoms with Crippen LogP contribution in [0, 0.1) is 0 Å². The van der Waals surface area contributed by atoms with Gasteiger partial charge in [0.2, 0.25) is 0 Å². The van der Waals surface area contributed by atoms with Gasteiger partial charge in [-0.3, -0.25) is 0 Å². The number of methoxy groups -OCH3 is 1. The number of hydrogen-bond acceptors (Lipinski definition) is 4. The van der Waals surface area contributed by atoms with Crippen molar-refractivity contribution < 1.29 is 17.7 Å². The average Bonchev–Trinajstić information content (AvgIpc) is 2.17. The molecule has 0 unspecified atom stereocenters. The Morgan fingerprint density at radius 2 is 1.14 bits per heavy atom. The van der Waals surface area contributed by atoms with Gasteiger partial charge in [0.05, 0.1) is 13.2 Å². The van der Waals surface area contributed by atoms with Crippen molar-refractivity contribution in [1.29, 1.82) is 0 Å². The minimum absolute atomic E-state index is 0. The van der Waals surface area contributed by atoms with Crippen LogP contribution in [0.4, 0.5) is 0 Å². The van der Waals surface area contributed by atoms with Crippen molar-refractivity contribution in [2.24, 2.45) is 0 Å². The molecule has 0 saturated heterocycles. The molecule has 0 spiro atoms. The highest BCUT2D eigenvalue weighted by molar-refractivity contribution is 6.87. The number of ether oxygens (including phenoxy) is 2. The van der Waals surface area contributed by atoms with Gasteiger partial charge >= 0.3 is 8.56 Å². The Bertz CT molecular complexity index is 246. The molecule has 0 fully saturated rings. The molecular weight excluding hydrogens is 328 g/mol. The van der Waals surface area contributed by atoms with Gasteiger partial charge in [0, 0.05) is 13.7 Å². The lowest BCUT2D eigenvalue weighted by molar-refractivity contribution is 0.0704. The Kier molecular flexibility index (Phi) is 14.8. The Labute approximate surface area is 143 Å². The van der Waals surface area contributed by atoms with E-state index in [1.54, 1.807) is 7.11 Å². The highest BCUT2D eigenvalue weighted by atomic mass is 28.5. The Morgan fingerprint density at radius 3 is 1.50 bits per heavy atom. The van der Waals surface area contributed by atoms with Crippen LogP contribution < -0.4 is 0 Å². The van der Waals surface area contributed by atoms with Gasteiger partial charge in [0.1, 0.15) is 0 Å². The molecule has 0 aromatic carbocycles. The van der Waals surface area contributed by atoms with Crippen molar-refractivity contribution in [1.82, 2.24) is 0 Å². The highest BCUT2D eigenvalue weighted by Crippen LogP contribution is 2.25. The fourth-order valence-electron chi connectivity index (χ4n) is 2.16. The first-order valence-electron chi connectivity index (χ1n) is 7.44. The van der Waals surface area contributed by atoms with Crippen molar-refractivity contribution >= 4 is 25.2 Å². The van der Waals surface area contributed by atoms with Gasteiger partial charge in [0.25, 0.3) is 0 Å². The molecule has 0 atom stereocenters. The molecule has 0 amide bonds. The van der Waals surface area contributed by atoms with E-state index in [-0.39, 0.29) is 14.9 Å². The third kappa shape index (κ3) is 16.9. The second-order valence-electron chi connectivity index (χ2n) is 7.27. The van der Waals surface area contributed by atoms with E-state index in [2.05, 4.69) is 45.8 Å². The smallest absolute Gasteiger partial charge is 0.314 e. The van der Waals surface area contributed by atoms with Crippen LogP contribution in [0.1, 0.15) is 21.3 Å². The molecule has 4 nitrogen and oxygen atoms in total. The van der Waals surface area contributed by atoms with E-state index < -0.39 is 25.2 Å². The summed E-state index contributed by atoms with van der Waals surface area (Å²) in [6.45, 7) is 17.7. The molecule has 7 heteroatoms. The van der Waals surface area contributed by atoms with E-state index >= 15 is 0 Å². The summed E-state index contributed by atoms with van der Waals surface area (Å²) in [4.78, 5) is 0. The fraction of sp³-hybridized carbons (Fsp3) is 1.00. The third-order valence-corrected chi connectivity index (χ3v) is 12.0. The lowest BCUT2D eigenvalue weighted by Crippen LogP contribution is -2.52. The van der Waals surface area contributed by atoms with Gasteiger partial charge in [-0.15, -0.1) is 0 Å². The first-order chi connectivity index (χ1) is 8.97. The highest BCUT2D eigenvalue weighted by Gasteiger charge is 2.39. The van der Waals surface area contributed by atoms with Crippen LogP contribution in [0.15, 0.2) is 0 Å². The summed E-state index contributed by atoms with van der Waals surface area (Å²) >= 11 is 0. The first-order valence-corrected chi connectivity index (χ1v) is 16.8. The predicted octanol–water partition coefficient (Wildman–Crippen LogP) is 5.09. The topological polar surface area (TPSA) is 36.9 Å². The molecule has 0 N–H and O–H groups in total. The SMILES string of the molecule is C.C.COCCOCCC[Si](C)(O[Si](C)(C)C)O[Si](C)(C)C. The number of rotatable bonds is 11. The monoisotopic (exact) mass is 370 g/mol. The summed E-state index contributed by atoms with van der Waals surface area (Å²) in [6, 6.07) is 1.01. The van der Waals surface area contributed by atoms with Crippen LogP contribution in [0.3, 0.4) is 0 Å². The van der Waals surface area contributed by atoms with Crippen LogP contribution >= 0.6 is 0 Å². The van der Waals surface area contributed by atoms with E-state index in [9.17, 15) is 0 Å². The van der Waals surface area contributed by atoms with E-state index in [1.807, 2.05) is 0 Å². The summed E-state index contributed by atoms with van der Waals surface area (Å²) < 4.78 is 23.4. The Balaban J connectivity index is -0.00000180. The Hall–Kier alpha value is 0.491. The second kappa shape index (κ2) is 11.9. The summed E-state index contributed by atoms with van der Waals surface area (Å²) in [6.07, 6.45) is 1.00. The molecule has 0 bridgehead atoms. The molecule has 138 valence electrons. The molecule has 22 heavy (non-hydrogen) atoms. The van der Waals surface area contributed by atoms with E-state index in [1.165, 1.54) is 0 Å². The number of hydrogen-bond donors (Lipinski definition) is 0. The minimum atomic E-state index is -2.08. The van der Waals surface area contributed by atoms with Gasteiger partial charge in [-0.25, -0.2) is 0 Å². The molecule has 0 aliphatic rings. The average molecular weight is 371 g/mol. The lowest BCUT2D eigenvalue weighted by atomic mass is 10.5. The lowest BCUT2D eigenvalue weighted by Gasteiger charge is -2.38. The zero-order chi connectivity index (χ0) is 15.9. The van der Waals surface area contributed by atoms with Crippen LogP contribution in [-0.2, 0) is 17.7 Å². The van der Waals surface area contributed by atoms with E-state index in [0.29, 0.717) is 13.2 Å². The summed E-state index contributed by atoms with van der Waals surface area (Å²) in [7, 11) is -3.54. The van der Waals surface area contributed by atoms with Crippen molar-refractivity contribution in [2.75, 3.05) is 26.9 Å². The molecule has 0 aliphatic heterocycles. The third-order valence-electron chi connectivity index (χ3n) is 2.40. The molecular formula is C15H42O4Si3. The van der Waals surface area contributed by atoms with Crippen LogP contribution in [-0.4, -0.2) is 52.1 Å². The second-order valence-corrected chi connectivity index (χ2v) is 20.1.